The molecule has 0 radical (unpaired) electrons. The van der Waals surface area contributed by atoms with Gasteiger partial charge in [-0.2, -0.15) is 0 Å². The van der Waals surface area contributed by atoms with Crippen LogP contribution >= 0.6 is 0 Å². The molecule has 0 aromatic heterocycles. The number of carbonyl (C=O) groups excluding carboxylic acids is 1. The molecule has 0 aliphatic heterocycles. The number of likely N-dealkylation sites (N-methyl/N-ethyl adjacent to an activating group) is 1. The zero-order chi connectivity index (χ0) is 13.5. The van der Waals surface area contributed by atoms with E-state index in [9.17, 15) is 4.79 Å². The van der Waals surface area contributed by atoms with Crippen LogP contribution in [0.1, 0.15) is 33.6 Å². The Bertz CT molecular complexity index is 252. The predicted molar refractivity (Wildman–Crippen MR) is 70.8 cm³/mol. The second-order valence-electron chi connectivity index (χ2n) is 4.66. The van der Waals surface area contributed by atoms with Gasteiger partial charge in [-0.3, -0.25) is 15.0 Å². The fraction of sp³-hybridized carbons (Fsp3) is 0.769. The van der Waals surface area contributed by atoms with E-state index in [0.29, 0.717) is 0 Å². The van der Waals surface area contributed by atoms with Gasteiger partial charge >= 0.3 is 5.97 Å². The molecule has 1 atom stereocenters. The molecule has 0 saturated carbocycles. The second kappa shape index (κ2) is 7.45. The van der Waals surface area contributed by atoms with Crippen LogP contribution in [0.4, 0.5) is 0 Å². The van der Waals surface area contributed by atoms with Crippen LogP contribution in [0.2, 0.25) is 0 Å². The minimum atomic E-state index is -0.636. The smallest absolute Gasteiger partial charge is 0.325 e. The van der Waals surface area contributed by atoms with Crippen molar-refractivity contribution in [3.05, 3.63) is 12.7 Å². The Morgan fingerprint density at radius 1 is 1.59 bits per heavy atom. The monoisotopic (exact) mass is 242 g/mol. The Labute approximate surface area is 105 Å². The van der Waals surface area contributed by atoms with Crippen LogP contribution in [0.25, 0.3) is 0 Å². The fourth-order valence-corrected chi connectivity index (χ4v) is 1.71. The number of hydrogen-bond donors (Lipinski definition) is 1. The van der Waals surface area contributed by atoms with E-state index < -0.39 is 5.54 Å². The van der Waals surface area contributed by atoms with Gasteiger partial charge in [-0.15, -0.1) is 6.58 Å². The first-order valence-electron chi connectivity index (χ1n) is 6.07. The van der Waals surface area contributed by atoms with E-state index in [2.05, 4.69) is 18.8 Å². The van der Waals surface area contributed by atoms with E-state index in [4.69, 9.17) is 4.74 Å². The van der Waals surface area contributed by atoms with Gasteiger partial charge in [0, 0.05) is 6.54 Å². The molecule has 0 amide bonds. The molecular weight excluding hydrogens is 216 g/mol. The fourth-order valence-electron chi connectivity index (χ4n) is 1.71. The summed E-state index contributed by atoms with van der Waals surface area (Å²) in [7, 11) is 3.36. The average Bonchev–Trinajstić information content (AvgIpc) is 2.32. The lowest BCUT2D eigenvalue weighted by atomic mass is 10.0. The summed E-state index contributed by atoms with van der Waals surface area (Å²) in [5, 5.41) is 3.36. The summed E-state index contributed by atoms with van der Waals surface area (Å²) in [6.45, 7) is 10.3. The van der Waals surface area contributed by atoms with Crippen molar-refractivity contribution in [3.8, 4) is 0 Å². The van der Waals surface area contributed by atoms with Crippen LogP contribution in [-0.4, -0.2) is 43.3 Å². The Hall–Kier alpha value is -0.870. The molecule has 0 rings (SSSR count). The van der Waals surface area contributed by atoms with Crippen LogP contribution in [0.3, 0.4) is 0 Å². The normalized spacial score (nSPS) is 13.5. The molecule has 0 heterocycles. The zero-order valence-electron chi connectivity index (χ0n) is 11.7. The van der Waals surface area contributed by atoms with Gasteiger partial charge in [-0.1, -0.05) is 19.4 Å². The van der Waals surface area contributed by atoms with E-state index in [1.54, 1.807) is 0 Å². The molecule has 0 aromatic rings. The van der Waals surface area contributed by atoms with Gasteiger partial charge in [0.15, 0.2) is 0 Å². The highest BCUT2D eigenvalue weighted by atomic mass is 16.5. The predicted octanol–water partition coefficient (Wildman–Crippen LogP) is 1.77. The third-order valence-corrected chi connectivity index (χ3v) is 3.09. The van der Waals surface area contributed by atoms with Gasteiger partial charge < -0.3 is 4.74 Å². The molecule has 0 saturated heterocycles. The number of esters is 1. The Kier molecular flexibility index (Phi) is 7.07. The Balaban J connectivity index is 4.72. The summed E-state index contributed by atoms with van der Waals surface area (Å²) in [4.78, 5) is 13.8. The van der Waals surface area contributed by atoms with Gasteiger partial charge in [0.2, 0.25) is 0 Å². The van der Waals surface area contributed by atoms with Gasteiger partial charge in [0.05, 0.1) is 13.3 Å². The quantitative estimate of drug-likeness (QED) is 0.400. The van der Waals surface area contributed by atoms with E-state index in [0.717, 1.165) is 19.4 Å². The number of ether oxygens (including phenoxy) is 1. The van der Waals surface area contributed by atoms with Crippen molar-refractivity contribution in [2.24, 2.45) is 0 Å². The molecule has 0 aliphatic rings. The largest absolute Gasteiger partial charge is 0.468 e. The highest BCUT2D eigenvalue weighted by molar-refractivity contribution is 5.79. The van der Waals surface area contributed by atoms with Crippen LogP contribution < -0.4 is 5.32 Å². The van der Waals surface area contributed by atoms with Crippen molar-refractivity contribution in [2.45, 2.75) is 45.3 Å². The van der Waals surface area contributed by atoms with Gasteiger partial charge in [-0.25, -0.2) is 0 Å². The first kappa shape index (κ1) is 16.1. The minimum absolute atomic E-state index is 0.145. The zero-order valence-corrected chi connectivity index (χ0v) is 11.7. The van der Waals surface area contributed by atoms with E-state index in [-0.39, 0.29) is 12.1 Å². The van der Waals surface area contributed by atoms with Crippen LogP contribution in [0, 0.1) is 0 Å². The van der Waals surface area contributed by atoms with Crippen molar-refractivity contribution in [3.63, 3.8) is 0 Å². The van der Waals surface area contributed by atoms with Crippen LogP contribution in [0.5, 0.6) is 0 Å². The minimum Gasteiger partial charge on any atom is -0.468 e. The molecule has 17 heavy (non-hydrogen) atoms. The topological polar surface area (TPSA) is 41.6 Å². The third-order valence-electron chi connectivity index (χ3n) is 3.09. The SMILES string of the molecule is C=CCNC(CCC)N(C)C(C)(C)C(=O)OC. The molecule has 0 aromatic carbocycles. The average molecular weight is 242 g/mol. The van der Waals surface area contributed by atoms with Crippen molar-refractivity contribution < 1.29 is 9.53 Å². The molecule has 0 spiro atoms. The lowest BCUT2D eigenvalue weighted by Gasteiger charge is -2.39. The summed E-state index contributed by atoms with van der Waals surface area (Å²) in [5.74, 6) is -0.221. The highest BCUT2D eigenvalue weighted by Crippen LogP contribution is 2.18. The number of methoxy groups -OCH3 is 1. The van der Waals surface area contributed by atoms with Crippen LogP contribution in [0.15, 0.2) is 12.7 Å². The summed E-state index contributed by atoms with van der Waals surface area (Å²) in [5.41, 5.74) is -0.636. The molecule has 4 heteroatoms. The summed E-state index contributed by atoms with van der Waals surface area (Å²) < 4.78 is 4.84. The number of hydrogen-bond acceptors (Lipinski definition) is 4. The van der Waals surface area contributed by atoms with Gasteiger partial charge in [0.1, 0.15) is 5.54 Å². The first-order valence-corrected chi connectivity index (χ1v) is 6.07. The number of carbonyl (C=O) groups is 1. The molecule has 0 fully saturated rings. The highest BCUT2D eigenvalue weighted by Gasteiger charge is 2.36. The van der Waals surface area contributed by atoms with Crippen LogP contribution in [-0.2, 0) is 9.53 Å². The number of nitrogens with one attached hydrogen (secondary N) is 1. The van der Waals surface area contributed by atoms with E-state index in [1.807, 2.05) is 31.9 Å². The van der Waals surface area contributed by atoms with Gasteiger partial charge in [0.25, 0.3) is 0 Å². The van der Waals surface area contributed by atoms with Gasteiger partial charge in [-0.05, 0) is 27.3 Å². The van der Waals surface area contributed by atoms with E-state index in [1.165, 1.54) is 7.11 Å². The summed E-state index contributed by atoms with van der Waals surface area (Å²) >= 11 is 0. The second-order valence-corrected chi connectivity index (χ2v) is 4.66. The maximum absolute atomic E-state index is 11.7. The molecule has 1 unspecified atom stereocenters. The molecular formula is C13H26N2O2. The van der Waals surface area contributed by atoms with Crippen molar-refractivity contribution in [1.29, 1.82) is 0 Å². The van der Waals surface area contributed by atoms with Crippen molar-refractivity contribution >= 4 is 5.97 Å². The van der Waals surface area contributed by atoms with Crippen molar-refractivity contribution in [1.82, 2.24) is 10.2 Å². The molecule has 1 N–H and O–H groups in total. The number of nitrogens with zero attached hydrogens (tertiary/aromatic N) is 1. The standard InChI is InChI=1S/C13H26N2O2/c1-7-9-11(14-10-8-2)15(5)13(3,4)12(16)17-6/h8,11,14H,2,7,9-10H2,1,3-6H3. The van der Waals surface area contributed by atoms with E-state index >= 15 is 0 Å². The lowest BCUT2D eigenvalue weighted by molar-refractivity contribution is -0.154. The maximum Gasteiger partial charge on any atom is 0.325 e. The summed E-state index contributed by atoms with van der Waals surface area (Å²) in [6.07, 6.45) is 4.00. The van der Waals surface area contributed by atoms with Crippen molar-refractivity contribution in [2.75, 3.05) is 20.7 Å². The molecule has 100 valence electrons. The first-order chi connectivity index (χ1) is 7.91. The third kappa shape index (κ3) is 4.48. The molecule has 0 bridgehead atoms. The maximum atomic E-state index is 11.7. The lowest BCUT2D eigenvalue weighted by Crippen LogP contribution is -2.57. The Morgan fingerprint density at radius 3 is 2.59 bits per heavy atom. The number of rotatable bonds is 8. The Morgan fingerprint density at radius 2 is 2.18 bits per heavy atom. The molecule has 0 aliphatic carbocycles. The summed E-state index contributed by atoms with van der Waals surface area (Å²) in [6, 6.07) is 0. The molecule has 4 nitrogen and oxygen atoms in total.